The zero-order valence-electron chi connectivity index (χ0n) is 14.5. The normalized spacial score (nSPS) is 22.0. The van der Waals surface area contributed by atoms with Crippen LogP contribution in [0.3, 0.4) is 0 Å². The van der Waals surface area contributed by atoms with Gasteiger partial charge in [-0.3, -0.25) is 0 Å². The summed E-state index contributed by atoms with van der Waals surface area (Å²) in [4.78, 5) is 15.0. The Kier molecular flexibility index (Phi) is 4.58. The van der Waals surface area contributed by atoms with Crippen LogP contribution in [0.25, 0.3) is 0 Å². The van der Waals surface area contributed by atoms with Crippen molar-refractivity contribution in [2.75, 3.05) is 31.7 Å². The largest absolute Gasteiger partial charge is 0.481 e. The predicted octanol–water partition coefficient (Wildman–Crippen LogP) is 2.20. The van der Waals surface area contributed by atoms with Crippen LogP contribution < -0.4 is 9.64 Å². The molecule has 0 bridgehead atoms. The van der Waals surface area contributed by atoms with Gasteiger partial charge in [-0.2, -0.15) is 0 Å². The van der Waals surface area contributed by atoms with Gasteiger partial charge in [0.05, 0.1) is 43.6 Å². The summed E-state index contributed by atoms with van der Waals surface area (Å²) in [6.07, 6.45) is 3.60. The van der Waals surface area contributed by atoms with Gasteiger partial charge in [0.25, 0.3) is 0 Å². The van der Waals surface area contributed by atoms with Crippen LogP contribution in [0.1, 0.15) is 23.5 Å². The van der Waals surface area contributed by atoms with Crippen LogP contribution in [0.4, 0.5) is 5.82 Å². The van der Waals surface area contributed by atoms with E-state index in [1.165, 1.54) is 6.33 Å². The lowest BCUT2D eigenvalue weighted by Gasteiger charge is -2.53. The number of nitrogens with zero attached hydrogens (tertiary/aromatic N) is 4. The molecule has 0 N–H and O–H groups in total. The maximum atomic E-state index is 6.09. The van der Waals surface area contributed by atoms with Gasteiger partial charge in [0.15, 0.2) is 0 Å². The zero-order valence-corrected chi connectivity index (χ0v) is 15.3. The SMILES string of the molecule is COc1cc(N2CC3(CC(OCc4csc(C)n4)CCO3)C2)ncn1. The van der Waals surface area contributed by atoms with Crippen LogP contribution in [0, 0.1) is 6.92 Å². The Hall–Kier alpha value is -1.77. The van der Waals surface area contributed by atoms with Gasteiger partial charge in [0.2, 0.25) is 5.88 Å². The minimum atomic E-state index is -0.126. The molecule has 0 aromatic carbocycles. The summed E-state index contributed by atoms with van der Waals surface area (Å²) in [5.74, 6) is 1.46. The summed E-state index contributed by atoms with van der Waals surface area (Å²) in [7, 11) is 1.61. The highest BCUT2D eigenvalue weighted by Crippen LogP contribution is 2.37. The molecule has 2 aromatic heterocycles. The highest BCUT2D eigenvalue weighted by atomic mass is 32.1. The first-order chi connectivity index (χ1) is 12.2. The van der Waals surface area contributed by atoms with Gasteiger partial charge < -0.3 is 19.1 Å². The Morgan fingerprint density at radius 1 is 1.40 bits per heavy atom. The highest BCUT2D eigenvalue weighted by Gasteiger charge is 2.48. The Labute approximate surface area is 151 Å². The summed E-state index contributed by atoms with van der Waals surface area (Å²) in [6, 6.07) is 1.86. The van der Waals surface area contributed by atoms with Gasteiger partial charge in [0.1, 0.15) is 17.7 Å². The smallest absolute Gasteiger partial charge is 0.218 e. The molecule has 0 saturated carbocycles. The predicted molar refractivity (Wildman–Crippen MR) is 94.1 cm³/mol. The molecule has 8 heteroatoms. The molecule has 134 valence electrons. The molecule has 2 aliphatic rings. The minimum Gasteiger partial charge on any atom is -0.481 e. The van der Waals surface area contributed by atoms with E-state index in [-0.39, 0.29) is 11.7 Å². The molecule has 2 aliphatic heterocycles. The number of methoxy groups -OCH3 is 1. The van der Waals surface area contributed by atoms with Crippen LogP contribution in [-0.2, 0) is 16.1 Å². The first-order valence-corrected chi connectivity index (χ1v) is 9.31. The van der Waals surface area contributed by atoms with Crippen molar-refractivity contribution in [3.63, 3.8) is 0 Å². The molecule has 2 fully saturated rings. The highest BCUT2D eigenvalue weighted by molar-refractivity contribution is 7.09. The number of aromatic nitrogens is 3. The van der Waals surface area contributed by atoms with Gasteiger partial charge >= 0.3 is 0 Å². The van der Waals surface area contributed by atoms with Crippen molar-refractivity contribution in [3.05, 3.63) is 28.5 Å². The van der Waals surface area contributed by atoms with E-state index >= 15 is 0 Å². The molecule has 2 aromatic rings. The van der Waals surface area contributed by atoms with E-state index < -0.39 is 0 Å². The maximum absolute atomic E-state index is 6.09. The van der Waals surface area contributed by atoms with Crippen LogP contribution >= 0.6 is 11.3 Å². The van der Waals surface area contributed by atoms with E-state index in [2.05, 4.69) is 25.2 Å². The van der Waals surface area contributed by atoms with Crippen molar-refractivity contribution in [2.24, 2.45) is 0 Å². The Morgan fingerprint density at radius 3 is 3.04 bits per heavy atom. The fourth-order valence-corrected chi connectivity index (χ4v) is 4.05. The Morgan fingerprint density at radius 2 is 2.28 bits per heavy atom. The van der Waals surface area contributed by atoms with Gasteiger partial charge in [-0.15, -0.1) is 11.3 Å². The molecule has 4 heterocycles. The van der Waals surface area contributed by atoms with Crippen molar-refractivity contribution in [1.82, 2.24) is 15.0 Å². The monoisotopic (exact) mass is 362 g/mol. The first-order valence-electron chi connectivity index (χ1n) is 8.43. The quantitative estimate of drug-likeness (QED) is 0.807. The molecule has 1 atom stereocenters. The number of ether oxygens (including phenoxy) is 3. The lowest BCUT2D eigenvalue weighted by Crippen LogP contribution is -2.66. The molecule has 25 heavy (non-hydrogen) atoms. The van der Waals surface area contributed by atoms with Crippen LogP contribution in [-0.4, -0.2) is 53.5 Å². The third kappa shape index (κ3) is 3.61. The molecule has 1 unspecified atom stereocenters. The maximum Gasteiger partial charge on any atom is 0.218 e. The summed E-state index contributed by atoms with van der Waals surface area (Å²) in [5, 5.41) is 3.15. The van der Waals surface area contributed by atoms with E-state index in [1.54, 1.807) is 18.4 Å². The first kappa shape index (κ1) is 16.7. The van der Waals surface area contributed by atoms with Crippen LogP contribution in [0.5, 0.6) is 5.88 Å². The van der Waals surface area contributed by atoms with Crippen LogP contribution in [0.15, 0.2) is 17.8 Å². The van der Waals surface area contributed by atoms with Crippen molar-refractivity contribution >= 4 is 17.2 Å². The standard InChI is InChI=1S/C17H22N4O3S/c1-12-20-13(8-25-12)7-23-14-3-4-24-17(6-14)9-21(10-17)15-5-16(22-2)19-11-18-15/h5,8,11,14H,3-4,6-7,9-10H2,1-2H3. The number of hydrogen-bond donors (Lipinski definition) is 0. The Balaban J connectivity index is 1.32. The third-order valence-corrected chi connectivity index (χ3v) is 5.52. The minimum absolute atomic E-state index is 0.126. The number of thiazole rings is 1. The number of aryl methyl sites for hydroxylation is 1. The molecule has 1 spiro atoms. The van der Waals surface area contributed by atoms with Crippen molar-refractivity contribution in [1.29, 1.82) is 0 Å². The molecule has 0 aliphatic carbocycles. The fourth-order valence-electron chi connectivity index (χ4n) is 3.45. The van der Waals surface area contributed by atoms with E-state index in [4.69, 9.17) is 14.2 Å². The molecular weight excluding hydrogens is 340 g/mol. The molecular formula is C17H22N4O3S. The van der Waals surface area contributed by atoms with Crippen molar-refractivity contribution in [2.45, 2.75) is 38.1 Å². The average Bonchev–Trinajstić information content (AvgIpc) is 3.03. The summed E-state index contributed by atoms with van der Waals surface area (Å²) in [6.45, 7) is 4.98. The summed E-state index contributed by atoms with van der Waals surface area (Å²) in [5.41, 5.74) is 0.894. The molecule has 0 amide bonds. The van der Waals surface area contributed by atoms with E-state index in [0.717, 1.165) is 49.1 Å². The molecule has 2 saturated heterocycles. The topological polar surface area (TPSA) is 69.6 Å². The van der Waals surface area contributed by atoms with Gasteiger partial charge in [-0.05, 0) is 13.3 Å². The van der Waals surface area contributed by atoms with E-state index in [1.807, 2.05) is 13.0 Å². The van der Waals surface area contributed by atoms with Crippen molar-refractivity contribution < 1.29 is 14.2 Å². The van der Waals surface area contributed by atoms with E-state index in [9.17, 15) is 0 Å². The second kappa shape index (κ2) is 6.86. The lowest BCUT2D eigenvalue weighted by atomic mass is 9.84. The van der Waals surface area contributed by atoms with Gasteiger partial charge in [-0.1, -0.05) is 0 Å². The number of hydrogen-bond acceptors (Lipinski definition) is 8. The number of anilines is 1. The molecule has 4 rings (SSSR count). The lowest BCUT2D eigenvalue weighted by molar-refractivity contribution is -0.148. The second-order valence-electron chi connectivity index (χ2n) is 6.59. The molecule has 7 nitrogen and oxygen atoms in total. The fraction of sp³-hybridized carbons (Fsp3) is 0.588. The van der Waals surface area contributed by atoms with Crippen LogP contribution in [0.2, 0.25) is 0 Å². The zero-order chi connectivity index (χ0) is 17.3. The van der Waals surface area contributed by atoms with Gasteiger partial charge in [0, 0.05) is 24.5 Å². The van der Waals surface area contributed by atoms with E-state index in [0.29, 0.717) is 12.5 Å². The number of rotatable bonds is 5. The Bertz CT molecular complexity index is 732. The third-order valence-electron chi connectivity index (χ3n) is 4.70. The second-order valence-corrected chi connectivity index (χ2v) is 7.65. The van der Waals surface area contributed by atoms with Crippen molar-refractivity contribution in [3.8, 4) is 5.88 Å². The molecule has 0 radical (unpaired) electrons. The average molecular weight is 362 g/mol. The summed E-state index contributed by atoms with van der Waals surface area (Å²) >= 11 is 1.66. The summed E-state index contributed by atoms with van der Waals surface area (Å²) < 4.78 is 17.3. The van der Waals surface area contributed by atoms with Gasteiger partial charge in [-0.25, -0.2) is 15.0 Å².